The molecule has 5 nitrogen and oxygen atoms in total. The molecule has 0 aliphatic carbocycles. The summed E-state index contributed by atoms with van der Waals surface area (Å²) in [7, 11) is 0. The molecule has 0 radical (unpaired) electrons. The van der Waals surface area contributed by atoms with Crippen molar-refractivity contribution in [1.82, 2.24) is 0 Å². The average Bonchev–Trinajstić information content (AvgIpc) is 2.78. The second-order valence-electron chi connectivity index (χ2n) is 5.85. The van der Waals surface area contributed by atoms with Crippen LogP contribution in [0, 0.1) is 11.8 Å². The summed E-state index contributed by atoms with van der Waals surface area (Å²) in [6, 6.07) is 19.1. The maximum atomic E-state index is 12.8. The molecule has 0 saturated carbocycles. The third-order valence-corrected chi connectivity index (χ3v) is 4.12. The van der Waals surface area contributed by atoms with Crippen LogP contribution in [0.2, 0.25) is 0 Å². The first kappa shape index (κ1) is 17.2. The number of aryl methyl sites for hydroxylation is 1. The number of hydrogen-bond donors (Lipinski definition) is 1. The Morgan fingerprint density at radius 3 is 2.15 bits per heavy atom. The van der Waals surface area contributed by atoms with Gasteiger partial charge in [-0.2, -0.15) is 0 Å². The monoisotopic (exact) mass is 345 g/mol. The minimum absolute atomic E-state index is 0.143. The lowest BCUT2D eigenvalue weighted by molar-refractivity contribution is 0.103. The van der Waals surface area contributed by atoms with Crippen molar-refractivity contribution >= 4 is 11.5 Å². The zero-order chi connectivity index (χ0) is 18.7. The van der Waals surface area contributed by atoms with Gasteiger partial charge in [0.15, 0.2) is 17.2 Å². The molecule has 0 aliphatic heterocycles. The van der Waals surface area contributed by atoms with E-state index >= 15 is 0 Å². The van der Waals surface area contributed by atoms with E-state index in [9.17, 15) is 19.6 Å². The molecule has 0 saturated heterocycles. The van der Waals surface area contributed by atoms with Crippen molar-refractivity contribution in [3.05, 3.63) is 98.6 Å². The van der Waals surface area contributed by atoms with Gasteiger partial charge in [-0.25, -0.2) is 0 Å². The van der Waals surface area contributed by atoms with Crippen molar-refractivity contribution < 1.29 is 9.90 Å². The number of carbonyl (C=O) groups excluding carboxylic acids is 1. The van der Waals surface area contributed by atoms with Crippen molar-refractivity contribution in [3.63, 3.8) is 0 Å². The maximum Gasteiger partial charge on any atom is 0.249 e. The van der Waals surface area contributed by atoms with Crippen LogP contribution in [0.5, 0.6) is 5.75 Å². The minimum Gasteiger partial charge on any atom is -0.504 e. The van der Waals surface area contributed by atoms with Gasteiger partial charge in [0.1, 0.15) is 0 Å². The fourth-order valence-corrected chi connectivity index (χ4v) is 2.71. The van der Waals surface area contributed by atoms with E-state index in [4.69, 9.17) is 0 Å². The van der Waals surface area contributed by atoms with Crippen LogP contribution in [0.3, 0.4) is 0 Å². The molecule has 3 rings (SSSR count). The van der Waals surface area contributed by atoms with E-state index in [1.54, 1.807) is 19.1 Å². The molecule has 0 atom stereocenters. The Morgan fingerprint density at radius 2 is 1.54 bits per heavy atom. The summed E-state index contributed by atoms with van der Waals surface area (Å²) < 4.78 is 0. The Morgan fingerprint density at radius 1 is 0.923 bits per heavy atom. The molecule has 1 N–H and O–H groups in total. The fraction of sp³-hybridized carbons (Fsp3) is 0.0476. The van der Waals surface area contributed by atoms with Crippen LogP contribution in [0.4, 0.5) is 5.69 Å². The maximum absolute atomic E-state index is 12.8. The van der Waals surface area contributed by atoms with E-state index in [-0.39, 0.29) is 11.3 Å². The van der Waals surface area contributed by atoms with Crippen LogP contribution in [-0.4, -0.2) is 10.9 Å². The minimum atomic E-state index is -0.901. The molecule has 0 amide bonds. The standard InChI is InChI=1S/C21H15NO4/c1-13-11-19(23)21(25)18(22-26)12-17(13)20(24)16-9-7-15(8-10-16)14-5-3-2-4-6-14/h2-12H,1H3,(H,23,25). The van der Waals surface area contributed by atoms with Gasteiger partial charge >= 0.3 is 0 Å². The van der Waals surface area contributed by atoms with Gasteiger partial charge in [0, 0.05) is 11.1 Å². The lowest BCUT2D eigenvalue weighted by Crippen LogP contribution is -2.02. The number of ketones is 1. The van der Waals surface area contributed by atoms with Crippen LogP contribution in [0.25, 0.3) is 11.1 Å². The molecule has 0 aliphatic rings. The molecule has 26 heavy (non-hydrogen) atoms. The third kappa shape index (κ3) is 3.28. The number of rotatable bonds is 4. The summed E-state index contributed by atoms with van der Waals surface area (Å²) >= 11 is 0. The van der Waals surface area contributed by atoms with Crippen LogP contribution < -0.4 is 5.43 Å². The van der Waals surface area contributed by atoms with Gasteiger partial charge in [-0.05, 0) is 40.9 Å². The predicted molar refractivity (Wildman–Crippen MR) is 99.9 cm³/mol. The van der Waals surface area contributed by atoms with Crippen molar-refractivity contribution in [2.45, 2.75) is 6.92 Å². The predicted octanol–water partition coefficient (Wildman–Crippen LogP) is 4.36. The Balaban J connectivity index is 2.04. The molecule has 0 fully saturated rings. The van der Waals surface area contributed by atoms with Gasteiger partial charge in [-0.15, -0.1) is 4.91 Å². The van der Waals surface area contributed by atoms with Crippen molar-refractivity contribution in [3.8, 4) is 16.9 Å². The highest BCUT2D eigenvalue weighted by Gasteiger charge is 2.15. The Labute approximate surface area is 149 Å². The number of benzene rings is 2. The second kappa shape index (κ2) is 7.11. The number of hydrogen-bond acceptors (Lipinski definition) is 5. The number of nitroso groups, excluding NO2 is 1. The van der Waals surface area contributed by atoms with Gasteiger partial charge in [-0.1, -0.05) is 54.6 Å². The van der Waals surface area contributed by atoms with Crippen LogP contribution in [-0.2, 0) is 0 Å². The zero-order valence-electron chi connectivity index (χ0n) is 14.0. The highest BCUT2D eigenvalue weighted by molar-refractivity contribution is 6.10. The topological polar surface area (TPSA) is 83.8 Å². The molecule has 3 aromatic rings. The molecule has 0 heterocycles. The first-order chi connectivity index (χ1) is 12.5. The smallest absolute Gasteiger partial charge is 0.249 e. The third-order valence-electron chi connectivity index (χ3n) is 4.12. The number of carbonyl (C=O) groups is 1. The average molecular weight is 345 g/mol. The van der Waals surface area contributed by atoms with Crippen LogP contribution in [0.1, 0.15) is 21.5 Å². The molecule has 5 heteroatoms. The van der Waals surface area contributed by atoms with Gasteiger partial charge < -0.3 is 5.11 Å². The summed E-state index contributed by atoms with van der Waals surface area (Å²) in [5, 5.41) is 12.3. The van der Waals surface area contributed by atoms with Crippen LogP contribution in [0.15, 0.2) is 76.7 Å². The van der Waals surface area contributed by atoms with Gasteiger partial charge in [0.25, 0.3) is 0 Å². The zero-order valence-corrected chi connectivity index (χ0v) is 14.0. The first-order valence-electron chi connectivity index (χ1n) is 7.92. The lowest BCUT2D eigenvalue weighted by atomic mass is 9.98. The Hall–Kier alpha value is -3.60. The van der Waals surface area contributed by atoms with E-state index in [0.717, 1.165) is 17.2 Å². The quantitative estimate of drug-likeness (QED) is 0.562. The Bertz CT molecular complexity index is 1040. The van der Waals surface area contributed by atoms with E-state index < -0.39 is 16.9 Å². The van der Waals surface area contributed by atoms with Gasteiger partial charge in [-0.3, -0.25) is 9.59 Å². The molecule has 0 unspecified atom stereocenters. The van der Waals surface area contributed by atoms with Crippen molar-refractivity contribution in [2.75, 3.05) is 0 Å². The Kier molecular flexibility index (Phi) is 4.71. The molecule has 128 valence electrons. The summed E-state index contributed by atoms with van der Waals surface area (Å²) in [5.41, 5.74) is 1.52. The van der Waals surface area contributed by atoms with Crippen molar-refractivity contribution in [1.29, 1.82) is 0 Å². The first-order valence-corrected chi connectivity index (χ1v) is 7.92. The van der Waals surface area contributed by atoms with E-state index in [0.29, 0.717) is 11.1 Å². The normalized spacial score (nSPS) is 10.3. The summed E-state index contributed by atoms with van der Waals surface area (Å²) in [6.45, 7) is 1.58. The van der Waals surface area contributed by atoms with Gasteiger partial charge in [0.2, 0.25) is 5.43 Å². The van der Waals surface area contributed by atoms with Crippen LogP contribution >= 0.6 is 0 Å². The van der Waals surface area contributed by atoms with Gasteiger partial charge in [0.05, 0.1) is 0 Å². The molecular weight excluding hydrogens is 330 g/mol. The highest BCUT2D eigenvalue weighted by Crippen LogP contribution is 2.23. The molecular formula is C21H15NO4. The summed E-state index contributed by atoms with van der Waals surface area (Å²) in [5.74, 6) is -0.974. The van der Waals surface area contributed by atoms with E-state index in [1.807, 2.05) is 42.5 Å². The lowest BCUT2D eigenvalue weighted by Gasteiger charge is -2.05. The number of aromatic hydroxyl groups is 1. The summed E-state index contributed by atoms with van der Waals surface area (Å²) in [4.78, 5) is 35.5. The van der Waals surface area contributed by atoms with Crippen molar-refractivity contribution in [2.24, 2.45) is 5.18 Å². The summed E-state index contributed by atoms with van der Waals surface area (Å²) in [6.07, 6.45) is 0. The molecule has 3 aromatic carbocycles. The molecule has 0 bridgehead atoms. The highest BCUT2D eigenvalue weighted by atomic mass is 16.3. The van der Waals surface area contributed by atoms with E-state index in [2.05, 4.69) is 5.18 Å². The molecule has 0 aromatic heterocycles. The number of nitrogens with zero attached hydrogens (tertiary/aromatic N) is 1. The largest absolute Gasteiger partial charge is 0.504 e. The van der Waals surface area contributed by atoms with E-state index in [1.165, 1.54) is 6.07 Å². The fourth-order valence-electron chi connectivity index (χ4n) is 2.71. The SMILES string of the molecule is Cc1cc(O)c(=O)c(N=O)cc1C(=O)c1ccc(-c2ccccc2)cc1. The second-order valence-corrected chi connectivity index (χ2v) is 5.85. The molecule has 0 spiro atoms.